The van der Waals surface area contributed by atoms with Crippen molar-refractivity contribution in [3.05, 3.63) is 29.6 Å². The number of carbonyl (C=O) groups excluding carboxylic acids is 1. The second-order valence-corrected chi connectivity index (χ2v) is 4.59. The van der Waals surface area contributed by atoms with Gasteiger partial charge in [0.25, 0.3) is 0 Å². The quantitative estimate of drug-likeness (QED) is 0.559. The Labute approximate surface area is 118 Å². The molecular weight excluding hydrogens is 263 g/mol. The molecule has 0 amide bonds. The third kappa shape index (κ3) is 5.67. The molecule has 0 fully saturated rings. The molecular formula is C15H21FO4. The maximum Gasteiger partial charge on any atom is 0.165 e. The number of unbranched alkanes of at least 4 members (excludes halogenated alkanes) is 1. The van der Waals surface area contributed by atoms with E-state index in [4.69, 9.17) is 9.47 Å². The molecule has 1 aromatic rings. The number of halogens is 1. The van der Waals surface area contributed by atoms with Gasteiger partial charge in [-0.2, -0.15) is 0 Å². The predicted octanol–water partition coefficient (Wildman–Crippen LogP) is 2.58. The van der Waals surface area contributed by atoms with Gasteiger partial charge in [0, 0.05) is 12.2 Å². The summed E-state index contributed by atoms with van der Waals surface area (Å²) in [5, 5.41) is 9.62. The second kappa shape index (κ2) is 8.66. The highest BCUT2D eigenvalue weighted by atomic mass is 19.1. The molecule has 112 valence electrons. The highest BCUT2D eigenvalue weighted by molar-refractivity contribution is 5.94. The Bertz CT molecular complexity index is 434. The fourth-order valence-electron chi connectivity index (χ4n) is 1.54. The van der Waals surface area contributed by atoms with Crippen LogP contribution in [0.2, 0.25) is 0 Å². The SMILES string of the molecule is CCCCOCC(O)COc1ccc(C(C)=O)cc1F. The smallest absolute Gasteiger partial charge is 0.165 e. The van der Waals surface area contributed by atoms with Crippen LogP contribution in [0.25, 0.3) is 0 Å². The number of benzene rings is 1. The van der Waals surface area contributed by atoms with Crippen LogP contribution < -0.4 is 4.74 Å². The number of ether oxygens (including phenoxy) is 2. The first-order chi connectivity index (χ1) is 9.54. The van der Waals surface area contributed by atoms with Gasteiger partial charge < -0.3 is 14.6 Å². The summed E-state index contributed by atoms with van der Waals surface area (Å²) in [5.41, 5.74) is 0.290. The van der Waals surface area contributed by atoms with Gasteiger partial charge in [-0.1, -0.05) is 13.3 Å². The molecule has 0 saturated carbocycles. The van der Waals surface area contributed by atoms with Crippen LogP contribution in [0.1, 0.15) is 37.0 Å². The third-order valence-corrected chi connectivity index (χ3v) is 2.72. The highest BCUT2D eigenvalue weighted by Gasteiger charge is 2.10. The minimum Gasteiger partial charge on any atom is -0.488 e. The Morgan fingerprint density at radius 1 is 1.40 bits per heavy atom. The molecule has 0 aliphatic rings. The van der Waals surface area contributed by atoms with Gasteiger partial charge in [0.2, 0.25) is 0 Å². The van der Waals surface area contributed by atoms with E-state index in [2.05, 4.69) is 6.92 Å². The molecule has 1 N–H and O–H groups in total. The summed E-state index contributed by atoms with van der Waals surface area (Å²) in [5.74, 6) is -0.806. The van der Waals surface area contributed by atoms with Gasteiger partial charge in [-0.25, -0.2) is 4.39 Å². The fourth-order valence-corrected chi connectivity index (χ4v) is 1.54. The van der Waals surface area contributed by atoms with Gasteiger partial charge in [-0.15, -0.1) is 0 Å². The van der Waals surface area contributed by atoms with Crippen LogP contribution in [0.3, 0.4) is 0 Å². The van der Waals surface area contributed by atoms with Crippen LogP contribution in [-0.2, 0) is 4.74 Å². The average molecular weight is 284 g/mol. The molecule has 1 atom stereocenters. The lowest BCUT2D eigenvalue weighted by Crippen LogP contribution is -2.24. The minimum absolute atomic E-state index is 0.0163. The monoisotopic (exact) mass is 284 g/mol. The first kappa shape index (κ1) is 16.6. The van der Waals surface area contributed by atoms with E-state index in [1.165, 1.54) is 19.1 Å². The fraction of sp³-hybridized carbons (Fsp3) is 0.533. The zero-order chi connectivity index (χ0) is 15.0. The van der Waals surface area contributed by atoms with Gasteiger partial charge in [-0.05, 0) is 31.5 Å². The number of Topliss-reactive ketones (excluding diaryl/α,β-unsaturated/α-hetero) is 1. The molecule has 0 saturated heterocycles. The van der Waals surface area contributed by atoms with Crippen molar-refractivity contribution < 1.29 is 23.8 Å². The molecule has 1 rings (SSSR count). The molecule has 0 bridgehead atoms. The van der Waals surface area contributed by atoms with Gasteiger partial charge in [0.15, 0.2) is 17.3 Å². The number of hydrogen-bond donors (Lipinski definition) is 1. The molecule has 5 heteroatoms. The summed E-state index contributed by atoms with van der Waals surface area (Å²) in [6.45, 7) is 4.12. The maximum absolute atomic E-state index is 13.6. The van der Waals surface area contributed by atoms with Crippen molar-refractivity contribution >= 4 is 5.78 Å². The predicted molar refractivity (Wildman–Crippen MR) is 73.6 cm³/mol. The largest absolute Gasteiger partial charge is 0.488 e. The molecule has 0 aliphatic heterocycles. The zero-order valence-corrected chi connectivity index (χ0v) is 11.9. The van der Waals surface area contributed by atoms with Crippen molar-refractivity contribution in [2.24, 2.45) is 0 Å². The molecule has 20 heavy (non-hydrogen) atoms. The van der Waals surface area contributed by atoms with E-state index in [1.807, 2.05) is 0 Å². The lowest BCUT2D eigenvalue weighted by Gasteiger charge is -2.13. The standard InChI is InChI=1S/C15H21FO4/c1-3-4-7-19-9-13(18)10-20-15-6-5-12(11(2)17)8-14(15)16/h5-6,8,13,18H,3-4,7,9-10H2,1-2H3. The molecule has 0 aromatic heterocycles. The van der Waals surface area contributed by atoms with E-state index < -0.39 is 11.9 Å². The zero-order valence-electron chi connectivity index (χ0n) is 11.9. The van der Waals surface area contributed by atoms with E-state index >= 15 is 0 Å². The van der Waals surface area contributed by atoms with Gasteiger partial charge >= 0.3 is 0 Å². The molecule has 0 spiro atoms. The Morgan fingerprint density at radius 3 is 2.75 bits per heavy atom. The Kier molecular flexibility index (Phi) is 7.18. The van der Waals surface area contributed by atoms with Crippen molar-refractivity contribution in [3.8, 4) is 5.75 Å². The van der Waals surface area contributed by atoms with E-state index in [1.54, 1.807) is 0 Å². The number of aliphatic hydroxyl groups is 1. The number of carbonyl (C=O) groups is 1. The van der Waals surface area contributed by atoms with Crippen molar-refractivity contribution in [2.45, 2.75) is 32.8 Å². The van der Waals surface area contributed by atoms with Crippen LogP contribution in [0.15, 0.2) is 18.2 Å². The molecule has 0 heterocycles. The maximum atomic E-state index is 13.6. The number of rotatable bonds is 9. The van der Waals surface area contributed by atoms with Crippen molar-refractivity contribution in [3.63, 3.8) is 0 Å². The molecule has 0 aliphatic carbocycles. The number of hydrogen-bond acceptors (Lipinski definition) is 4. The van der Waals surface area contributed by atoms with Crippen molar-refractivity contribution in [1.29, 1.82) is 0 Å². The topological polar surface area (TPSA) is 55.8 Å². The summed E-state index contributed by atoms with van der Waals surface area (Å²) < 4.78 is 24.0. The molecule has 1 unspecified atom stereocenters. The summed E-state index contributed by atoms with van der Waals surface area (Å²) in [4.78, 5) is 11.1. The summed E-state index contributed by atoms with van der Waals surface area (Å²) in [7, 11) is 0. The molecule has 1 aromatic carbocycles. The van der Waals surface area contributed by atoms with Crippen LogP contribution in [-0.4, -0.2) is 36.8 Å². The highest BCUT2D eigenvalue weighted by Crippen LogP contribution is 2.18. The van der Waals surface area contributed by atoms with E-state index in [-0.39, 0.29) is 24.7 Å². The first-order valence-electron chi connectivity index (χ1n) is 6.73. The van der Waals surface area contributed by atoms with E-state index in [0.29, 0.717) is 12.2 Å². The second-order valence-electron chi connectivity index (χ2n) is 4.59. The molecule has 0 radical (unpaired) electrons. The lowest BCUT2D eigenvalue weighted by atomic mass is 10.1. The molecule has 4 nitrogen and oxygen atoms in total. The van der Waals surface area contributed by atoms with E-state index in [0.717, 1.165) is 18.9 Å². The normalized spacial score (nSPS) is 12.2. The van der Waals surface area contributed by atoms with Gasteiger partial charge in [0.05, 0.1) is 6.61 Å². The van der Waals surface area contributed by atoms with Crippen LogP contribution >= 0.6 is 0 Å². The van der Waals surface area contributed by atoms with E-state index in [9.17, 15) is 14.3 Å². The van der Waals surface area contributed by atoms with Crippen molar-refractivity contribution in [2.75, 3.05) is 19.8 Å². The lowest BCUT2D eigenvalue weighted by molar-refractivity contribution is 0.0106. The van der Waals surface area contributed by atoms with Crippen molar-refractivity contribution in [1.82, 2.24) is 0 Å². The Balaban J connectivity index is 2.39. The summed E-state index contributed by atoms with van der Waals surface area (Å²) in [6.07, 6.45) is 1.16. The van der Waals surface area contributed by atoms with Gasteiger partial charge in [0.1, 0.15) is 12.7 Å². The summed E-state index contributed by atoms with van der Waals surface area (Å²) >= 11 is 0. The van der Waals surface area contributed by atoms with Crippen LogP contribution in [0.5, 0.6) is 5.75 Å². The first-order valence-corrected chi connectivity index (χ1v) is 6.73. The van der Waals surface area contributed by atoms with Crippen LogP contribution in [0.4, 0.5) is 4.39 Å². The van der Waals surface area contributed by atoms with Crippen LogP contribution in [0, 0.1) is 5.82 Å². The third-order valence-electron chi connectivity index (χ3n) is 2.72. The Hall–Kier alpha value is -1.46. The minimum atomic E-state index is -0.807. The number of aliphatic hydroxyl groups excluding tert-OH is 1. The Morgan fingerprint density at radius 2 is 2.15 bits per heavy atom. The summed E-state index contributed by atoms with van der Waals surface area (Å²) in [6, 6.07) is 4.00. The average Bonchev–Trinajstić information content (AvgIpc) is 2.42. The van der Waals surface area contributed by atoms with Gasteiger partial charge in [-0.3, -0.25) is 4.79 Å². The number of ketones is 1.